The van der Waals surface area contributed by atoms with Gasteiger partial charge in [-0.1, -0.05) is 18.2 Å². The van der Waals surface area contributed by atoms with Crippen molar-refractivity contribution in [1.29, 1.82) is 0 Å². The molecule has 6 nitrogen and oxygen atoms in total. The lowest BCUT2D eigenvalue weighted by Gasteiger charge is -2.27. The molecule has 1 aliphatic rings. The van der Waals surface area contributed by atoms with Crippen LogP contribution in [0.4, 0.5) is 8.78 Å². The Kier molecular flexibility index (Phi) is 5.99. The second-order valence-electron chi connectivity index (χ2n) is 6.71. The number of likely N-dealkylation sites (tertiary alicyclic amines) is 1. The maximum Gasteiger partial charge on any atom is 0.323 e. The standard InChI is InChI=1S/C20H21F2N3O3/c1-25-16(20(27)28-2)9-14(18(25)13-6-3-7-15(21)17(13)22)19(26)24-11-12-5-4-8-23-10-12/h3-8,10,14,16,18H,9,11H2,1-2H3,(H,24,26)/t14-,16-,18-/m0/s1. The Labute approximate surface area is 161 Å². The van der Waals surface area contributed by atoms with E-state index in [2.05, 4.69) is 10.3 Å². The van der Waals surface area contributed by atoms with Crippen molar-refractivity contribution in [1.82, 2.24) is 15.2 Å². The van der Waals surface area contributed by atoms with Gasteiger partial charge < -0.3 is 10.1 Å². The number of rotatable bonds is 5. The number of hydrogen-bond donors (Lipinski definition) is 1. The molecule has 0 unspecified atom stereocenters. The number of esters is 1. The molecule has 0 bridgehead atoms. The molecule has 0 aliphatic carbocycles. The molecule has 0 radical (unpaired) electrons. The van der Waals surface area contributed by atoms with E-state index in [1.54, 1.807) is 30.4 Å². The summed E-state index contributed by atoms with van der Waals surface area (Å²) in [4.78, 5) is 30.6. The molecule has 148 valence electrons. The zero-order chi connectivity index (χ0) is 20.3. The molecule has 3 rings (SSSR count). The van der Waals surface area contributed by atoms with Crippen LogP contribution >= 0.6 is 0 Å². The number of amides is 1. The number of benzene rings is 1. The van der Waals surface area contributed by atoms with Crippen molar-refractivity contribution in [2.45, 2.75) is 25.0 Å². The van der Waals surface area contributed by atoms with E-state index in [0.29, 0.717) is 0 Å². The van der Waals surface area contributed by atoms with Crippen LogP contribution in [0, 0.1) is 17.6 Å². The van der Waals surface area contributed by atoms with Gasteiger partial charge >= 0.3 is 5.97 Å². The summed E-state index contributed by atoms with van der Waals surface area (Å²) in [5.41, 5.74) is 0.843. The summed E-state index contributed by atoms with van der Waals surface area (Å²) >= 11 is 0. The van der Waals surface area contributed by atoms with Crippen molar-refractivity contribution in [2.75, 3.05) is 14.2 Å². The summed E-state index contributed by atoms with van der Waals surface area (Å²) in [6, 6.07) is 5.87. The first-order valence-corrected chi connectivity index (χ1v) is 8.84. The summed E-state index contributed by atoms with van der Waals surface area (Å²) in [5.74, 6) is -3.64. The van der Waals surface area contributed by atoms with Crippen molar-refractivity contribution in [3.05, 3.63) is 65.5 Å². The molecule has 1 aromatic carbocycles. The van der Waals surface area contributed by atoms with E-state index in [-0.39, 0.29) is 24.4 Å². The number of likely N-dealkylation sites (N-methyl/N-ethyl adjacent to an activating group) is 1. The van der Waals surface area contributed by atoms with Crippen molar-refractivity contribution in [3.63, 3.8) is 0 Å². The van der Waals surface area contributed by atoms with Crippen LogP contribution in [0.5, 0.6) is 0 Å². The van der Waals surface area contributed by atoms with Gasteiger partial charge in [0.1, 0.15) is 6.04 Å². The smallest absolute Gasteiger partial charge is 0.323 e. The third-order valence-corrected chi connectivity index (χ3v) is 5.09. The first kappa shape index (κ1) is 19.9. The van der Waals surface area contributed by atoms with Gasteiger partial charge in [0.25, 0.3) is 0 Å². The molecule has 3 atom stereocenters. The Balaban J connectivity index is 1.88. The molecule has 1 aliphatic heterocycles. The van der Waals surface area contributed by atoms with Crippen LogP contribution in [0.15, 0.2) is 42.7 Å². The molecular formula is C20H21F2N3O3. The van der Waals surface area contributed by atoms with E-state index >= 15 is 0 Å². The first-order chi connectivity index (χ1) is 13.4. The van der Waals surface area contributed by atoms with Crippen molar-refractivity contribution in [2.24, 2.45) is 5.92 Å². The van der Waals surface area contributed by atoms with E-state index in [1.807, 2.05) is 6.07 Å². The highest BCUT2D eigenvalue weighted by molar-refractivity contribution is 5.83. The molecule has 1 fully saturated rings. The second kappa shape index (κ2) is 8.43. The molecule has 2 aromatic rings. The fourth-order valence-corrected chi connectivity index (χ4v) is 3.67. The number of pyridine rings is 1. The first-order valence-electron chi connectivity index (χ1n) is 8.84. The maximum atomic E-state index is 14.5. The average molecular weight is 389 g/mol. The van der Waals surface area contributed by atoms with Gasteiger partial charge in [-0.05, 0) is 31.2 Å². The Hall–Kier alpha value is -2.87. The highest BCUT2D eigenvalue weighted by Crippen LogP contribution is 2.41. The molecule has 0 saturated carbocycles. The lowest BCUT2D eigenvalue weighted by atomic mass is 9.91. The fraction of sp³-hybridized carbons (Fsp3) is 0.350. The Morgan fingerprint density at radius 2 is 2.07 bits per heavy atom. The Morgan fingerprint density at radius 1 is 1.29 bits per heavy atom. The SMILES string of the molecule is COC(=O)[C@@H]1C[C@H](C(=O)NCc2cccnc2)[C@H](c2cccc(F)c2F)N1C. The lowest BCUT2D eigenvalue weighted by Crippen LogP contribution is -2.36. The van der Waals surface area contributed by atoms with Gasteiger partial charge in [0.15, 0.2) is 11.6 Å². The zero-order valence-electron chi connectivity index (χ0n) is 15.6. The Bertz CT molecular complexity index is 863. The number of methoxy groups -OCH3 is 1. The van der Waals surface area contributed by atoms with E-state index in [1.165, 1.54) is 19.2 Å². The highest BCUT2D eigenvalue weighted by Gasteiger charge is 2.47. The minimum atomic E-state index is -1.02. The summed E-state index contributed by atoms with van der Waals surface area (Å²) < 4.78 is 33.1. The van der Waals surface area contributed by atoms with Crippen LogP contribution in [0.25, 0.3) is 0 Å². The van der Waals surface area contributed by atoms with Gasteiger partial charge in [0.2, 0.25) is 5.91 Å². The normalized spacial score (nSPS) is 22.1. The number of hydrogen-bond acceptors (Lipinski definition) is 5. The highest BCUT2D eigenvalue weighted by atomic mass is 19.2. The van der Waals surface area contributed by atoms with E-state index in [9.17, 15) is 18.4 Å². The van der Waals surface area contributed by atoms with Gasteiger partial charge in [0, 0.05) is 24.5 Å². The predicted octanol–water partition coefficient (Wildman–Crippen LogP) is 2.21. The molecule has 1 saturated heterocycles. The Morgan fingerprint density at radius 3 is 2.75 bits per heavy atom. The number of nitrogens with one attached hydrogen (secondary N) is 1. The van der Waals surface area contributed by atoms with Gasteiger partial charge in [-0.2, -0.15) is 0 Å². The molecule has 1 amide bonds. The van der Waals surface area contributed by atoms with Crippen LogP contribution in [0.2, 0.25) is 0 Å². The molecule has 1 aromatic heterocycles. The number of ether oxygens (including phenoxy) is 1. The van der Waals surface area contributed by atoms with E-state index in [4.69, 9.17) is 4.74 Å². The summed E-state index contributed by atoms with van der Waals surface area (Å²) in [5, 5.41) is 2.80. The monoisotopic (exact) mass is 389 g/mol. The number of carbonyl (C=O) groups is 2. The molecule has 2 heterocycles. The van der Waals surface area contributed by atoms with Gasteiger partial charge in [0.05, 0.1) is 19.1 Å². The second-order valence-corrected chi connectivity index (χ2v) is 6.71. The van der Waals surface area contributed by atoms with Crippen LogP contribution < -0.4 is 5.32 Å². The van der Waals surface area contributed by atoms with Crippen molar-refractivity contribution >= 4 is 11.9 Å². The van der Waals surface area contributed by atoms with Crippen LogP contribution in [0.3, 0.4) is 0 Å². The third-order valence-electron chi connectivity index (χ3n) is 5.09. The minimum absolute atomic E-state index is 0.0374. The largest absolute Gasteiger partial charge is 0.468 e. The van der Waals surface area contributed by atoms with Gasteiger partial charge in [-0.3, -0.25) is 19.5 Å². The van der Waals surface area contributed by atoms with Crippen molar-refractivity contribution < 1.29 is 23.1 Å². The minimum Gasteiger partial charge on any atom is -0.468 e. The molecule has 8 heteroatoms. The average Bonchev–Trinajstić information content (AvgIpc) is 3.05. The van der Waals surface area contributed by atoms with Gasteiger partial charge in [-0.15, -0.1) is 0 Å². The van der Waals surface area contributed by atoms with Crippen LogP contribution in [-0.2, 0) is 20.9 Å². The quantitative estimate of drug-likeness (QED) is 0.794. The lowest BCUT2D eigenvalue weighted by molar-refractivity contribution is -0.145. The molecule has 1 N–H and O–H groups in total. The van der Waals surface area contributed by atoms with Crippen molar-refractivity contribution in [3.8, 4) is 0 Å². The maximum absolute atomic E-state index is 14.5. The zero-order valence-corrected chi connectivity index (χ0v) is 15.6. The summed E-state index contributed by atoms with van der Waals surface area (Å²) in [7, 11) is 2.86. The third kappa shape index (κ3) is 3.87. The van der Waals surface area contributed by atoms with Crippen LogP contribution in [-0.4, -0.2) is 42.0 Å². The predicted molar refractivity (Wildman–Crippen MR) is 96.9 cm³/mol. The molecular weight excluding hydrogens is 368 g/mol. The topological polar surface area (TPSA) is 71.5 Å². The molecule has 28 heavy (non-hydrogen) atoms. The van der Waals surface area contributed by atoms with Crippen LogP contribution in [0.1, 0.15) is 23.6 Å². The van der Waals surface area contributed by atoms with E-state index in [0.717, 1.165) is 11.6 Å². The number of nitrogens with zero attached hydrogens (tertiary/aromatic N) is 2. The molecule has 0 spiro atoms. The van der Waals surface area contributed by atoms with Gasteiger partial charge in [-0.25, -0.2) is 8.78 Å². The number of carbonyl (C=O) groups excluding carboxylic acids is 2. The number of aromatic nitrogens is 1. The summed E-state index contributed by atoms with van der Waals surface area (Å²) in [6.45, 7) is 0.244. The van der Waals surface area contributed by atoms with E-state index < -0.39 is 35.6 Å². The number of halogens is 2. The fourth-order valence-electron chi connectivity index (χ4n) is 3.67. The summed E-state index contributed by atoms with van der Waals surface area (Å²) in [6.07, 6.45) is 3.39.